The first-order valence-electron chi connectivity index (χ1n) is 9.82. The van der Waals surface area contributed by atoms with Crippen LogP contribution in [0.25, 0.3) is 11.1 Å². The molecule has 144 valence electrons. The molecule has 3 heterocycles. The van der Waals surface area contributed by atoms with Crippen LogP contribution >= 0.6 is 0 Å². The van der Waals surface area contributed by atoms with E-state index in [4.69, 9.17) is 5.10 Å². The van der Waals surface area contributed by atoms with Gasteiger partial charge in [0.1, 0.15) is 0 Å². The fourth-order valence-corrected chi connectivity index (χ4v) is 4.07. The van der Waals surface area contributed by atoms with Crippen molar-refractivity contribution in [3.8, 4) is 11.1 Å². The normalized spacial score (nSPS) is 16.5. The van der Waals surface area contributed by atoms with Gasteiger partial charge in [-0.15, -0.1) is 0 Å². The van der Waals surface area contributed by atoms with Crippen LogP contribution < -0.4 is 0 Å². The summed E-state index contributed by atoms with van der Waals surface area (Å²) in [5, 5.41) is 4.76. The number of aryl methyl sites for hydroxylation is 3. The number of hydrogen-bond acceptors (Lipinski definition) is 3. The molecule has 4 rings (SSSR count). The molecular formula is C23H26N4O. The van der Waals surface area contributed by atoms with Crippen LogP contribution in [-0.2, 0) is 18.3 Å². The molecule has 1 saturated heterocycles. The quantitative estimate of drug-likeness (QED) is 0.693. The molecule has 5 nitrogen and oxygen atoms in total. The van der Waals surface area contributed by atoms with Gasteiger partial charge in [0, 0.05) is 37.7 Å². The number of rotatable bonds is 4. The summed E-state index contributed by atoms with van der Waals surface area (Å²) in [6.07, 6.45) is 8.14. The Morgan fingerprint density at radius 1 is 1.14 bits per heavy atom. The minimum atomic E-state index is 0.0294. The average Bonchev–Trinajstić information content (AvgIpc) is 3.30. The van der Waals surface area contributed by atoms with Gasteiger partial charge in [-0.25, -0.2) is 0 Å². The average molecular weight is 374 g/mol. The van der Waals surface area contributed by atoms with Gasteiger partial charge >= 0.3 is 0 Å². The third-order valence-corrected chi connectivity index (χ3v) is 5.53. The van der Waals surface area contributed by atoms with Crippen molar-refractivity contribution in [2.45, 2.75) is 39.2 Å². The molecule has 1 amide bonds. The van der Waals surface area contributed by atoms with E-state index in [1.54, 1.807) is 0 Å². The highest BCUT2D eigenvalue weighted by atomic mass is 16.2. The Labute approximate surface area is 166 Å². The van der Waals surface area contributed by atoms with Crippen molar-refractivity contribution < 1.29 is 4.79 Å². The molecule has 5 heteroatoms. The molecule has 3 aromatic rings. The van der Waals surface area contributed by atoms with Gasteiger partial charge < -0.3 is 4.90 Å². The summed E-state index contributed by atoms with van der Waals surface area (Å²) in [6, 6.07) is 10.3. The minimum absolute atomic E-state index is 0.0294. The number of aromatic nitrogens is 3. The molecule has 1 aliphatic heterocycles. The van der Waals surface area contributed by atoms with Gasteiger partial charge in [0.15, 0.2) is 0 Å². The molecule has 1 fully saturated rings. The van der Waals surface area contributed by atoms with Crippen molar-refractivity contribution in [2.24, 2.45) is 7.05 Å². The first-order chi connectivity index (χ1) is 13.5. The Hall–Kier alpha value is -2.95. The topological polar surface area (TPSA) is 51.0 Å². The number of carbonyl (C=O) groups excluding carboxylic acids is 1. The smallest absolute Gasteiger partial charge is 0.227 e. The van der Waals surface area contributed by atoms with Gasteiger partial charge in [0.05, 0.1) is 18.2 Å². The SMILES string of the molecule is Cc1ccc(CC(=O)N2CCC[C@H]2c2nn(C)cc2-c2ccncc2C)cc1. The molecule has 1 aromatic carbocycles. The first-order valence-corrected chi connectivity index (χ1v) is 9.82. The second-order valence-electron chi connectivity index (χ2n) is 7.70. The molecule has 2 aromatic heterocycles. The fraction of sp³-hybridized carbons (Fsp3) is 0.348. The van der Waals surface area contributed by atoms with Gasteiger partial charge in [0.25, 0.3) is 0 Å². The van der Waals surface area contributed by atoms with Crippen LogP contribution in [0, 0.1) is 13.8 Å². The molecule has 0 radical (unpaired) electrons. The highest BCUT2D eigenvalue weighted by Crippen LogP contribution is 2.37. The Morgan fingerprint density at radius 3 is 2.68 bits per heavy atom. The third kappa shape index (κ3) is 3.57. The third-order valence-electron chi connectivity index (χ3n) is 5.53. The van der Waals surface area contributed by atoms with E-state index in [2.05, 4.69) is 37.2 Å². The summed E-state index contributed by atoms with van der Waals surface area (Å²) in [5.74, 6) is 0.175. The molecule has 0 N–H and O–H groups in total. The van der Waals surface area contributed by atoms with E-state index in [9.17, 15) is 4.79 Å². The van der Waals surface area contributed by atoms with E-state index in [-0.39, 0.29) is 11.9 Å². The van der Waals surface area contributed by atoms with Crippen molar-refractivity contribution in [2.75, 3.05) is 6.54 Å². The van der Waals surface area contributed by atoms with E-state index in [0.29, 0.717) is 6.42 Å². The maximum Gasteiger partial charge on any atom is 0.227 e. The second kappa shape index (κ2) is 7.58. The molecule has 0 saturated carbocycles. The summed E-state index contributed by atoms with van der Waals surface area (Å²) in [6.45, 7) is 4.92. The lowest BCUT2D eigenvalue weighted by molar-refractivity contribution is -0.131. The molecule has 0 unspecified atom stereocenters. The molecule has 1 aliphatic rings. The number of hydrogen-bond donors (Lipinski definition) is 0. The van der Waals surface area contributed by atoms with Crippen LogP contribution in [0.15, 0.2) is 48.9 Å². The highest BCUT2D eigenvalue weighted by molar-refractivity contribution is 5.80. The number of nitrogens with zero attached hydrogens (tertiary/aromatic N) is 4. The number of carbonyl (C=O) groups is 1. The summed E-state index contributed by atoms with van der Waals surface area (Å²) in [7, 11) is 1.94. The minimum Gasteiger partial charge on any atom is -0.334 e. The fourth-order valence-electron chi connectivity index (χ4n) is 4.07. The Morgan fingerprint density at radius 2 is 1.93 bits per heavy atom. The lowest BCUT2D eigenvalue weighted by Gasteiger charge is -2.24. The van der Waals surface area contributed by atoms with Crippen LogP contribution in [0.5, 0.6) is 0 Å². The second-order valence-corrected chi connectivity index (χ2v) is 7.70. The van der Waals surface area contributed by atoms with Gasteiger partial charge in [0.2, 0.25) is 5.91 Å². The van der Waals surface area contributed by atoms with E-state index >= 15 is 0 Å². The first kappa shape index (κ1) is 18.4. The molecule has 28 heavy (non-hydrogen) atoms. The number of pyridine rings is 1. The summed E-state index contributed by atoms with van der Waals surface area (Å²) >= 11 is 0. The van der Waals surface area contributed by atoms with Crippen LogP contribution in [0.4, 0.5) is 0 Å². The van der Waals surface area contributed by atoms with Gasteiger partial charge in [-0.05, 0) is 49.4 Å². The van der Waals surface area contributed by atoms with Crippen LogP contribution in [-0.4, -0.2) is 32.1 Å². The Balaban J connectivity index is 1.63. The summed E-state index contributed by atoms with van der Waals surface area (Å²) in [5.41, 5.74) is 6.62. The predicted molar refractivity (Wildman–Crippen MR) is 110 cm³/mol. The lowest BCUT2D eigenvalue weighted by atomic mass is 9.98. The Bertz CT molecular complexity index is 990. The van der Waals surface area contributed by atoms with Gasteiger partial charge in [-0.2, -0.15) is 5.10 Å². The molecule has 1 atom stereocenters. The maximum atomic E-state index is 13.1. The number of likely N-dealkylation sites (tertiary alicyclic amines) is 1. The van der Waals surface area contributed by atoms with Crippen molar-refractivity contribution in [3.05, 3.63) is 71.3 Å². The van der Waals surface area contributed by atoms with Gasteiger partial charge in [-0.3, -0.25) is 14.5 Å². The van der Waals surface area contributed by atoms with E-state index in [0.717, 1.165) is 47.3 Å². The van der Waals surface area contributed by atoms with E-state index in [1.807, 2.05) is 47.2 Å². The molecule has 0 bridgehead atoms. The number of benzene rings is 1. The zero-order chi connectivity index (χ0) is 19.7. The van der Waals surface area contributed by atoms with Crippen LogP contribution in [0.2, 0.25) is 0 Å². The van der Waals surface area contributed by atoms with Crippen LogP contribution in [0.1, 0.15) is 41.3 Å². The Kier molecular flexibility index (Phi) is 4.99. The van der Waals surface area contributed by atoms with E-state index < -0.39 is 0 Å². The molecule has 0 spiro atoms. The van der Waals surface area contributed by atoms with Crippen molar-refractivity contribution in [1.29, 1.82) is 0 Å². The highest BCUT2D eigenvalue weighted by Gasteiger charge is 2.33. The number of amides is 1. The van der Waals surface area contributed by atoms with Crippen molar-refractivity contribution in [1.82, 2.24) is 19.7 Å². The standard InChI is InChI=1S/C23H26N4O/c1-16-6-8-18(9-7-16)13-22(28)27-12-4-5-21(27)23-20(15-26(3)25-23)19-10-11-24-14-17(19)2/h6-11,14-15,21H,4-5,12-13H2,1-3H3/t21-/m0/s1. The molecular weight excluding hydrogens is 348 g/mol. The maximum absolute atomic E-state index is 13.1. The van der Waals surface area contributed by atoms with Crippen LogP contribution in [0.3, 0.4) is 0 Å². The predicted octanol–water partition coefficient (Wildman–Crippen LogP) is 4.01. The van der Waals surface area contributed by atoms with E-state index in [1.165, 1.54) is 5.56 Å². The largest absolute Gasteiger partial charge is 0.334 e. The van der Waals surface area contributed by atoms with Crippen molar-refractivity contribution >= 4 is 5.91 Å². The zero-order valence-corrected chi connectivity index (χ0v) is 16.7. The summed E-state index contributed by atoms with van der Waals surface area (Å²) < 4.78 is 1.85. The molecule has 0 aliphatic carbocycles. The zero-order valence-electron chi connectivity index (χ0n) is 16.7. The van der Waals surface area contributed by atoms with Crippen molar-refractivity contribution in [3.63, 3.8) is 0 Å². The van der Waals surface area contributed by atoms with Gasteiger partial charge in [-0.1, -0.05) is 29.8 Å². The summed E-state index contributed by atoms with van der Waals surface area (Å²) in [4.78, 5) is 19.3. The monoisotopic (exact) mass is 374 g/mol. The lowest BCUT2D eigenvalue weighted by Crippen LogP contribution is -2.32.